The maximum atomic E-state index is 12.8. The Hall–Kier alpha value is -2.67. The summed E-state index contributed by atoms with van der Waals surface area (Å²) in [6, 6.07) is 9.92. The summed E-state index contributed by atoms with van der Waals surface area (Å²) in [5.41, 5.74) is 1.38. The van der Waals surface area contributed by atoms with Crippen molar-refractivity contribution in [3.05, 3.63) is 42.2 Å². The zero-order valence-corrected chi connectivity index (χ0v) is 14.5. The summed E-state index contributed by atoms with van der Waals surface area (Å²) in [5, 5.41) is 12.7. The largest absolute Gasteiger partial charge is 0.306 e. The highest BCUT2D eigenvalue weighted by atomic mass is 16.2. The number of rotatable bonds is 3. The number of aryl methyl sites for hydroxylation is 1. The number of hydrogen-bond acceptors (Lipinski definition) is 4. The summed E-state index contributed by atoms with van der Waals surface area (Å²) >= 11 is 0. The molecular formula is C18H22N6O. The van der Waals surface area contributed by atoms with Crippen molar-refractivity contribution in [2.24, 2.45) is 7.05 Å². The molecule has 25 heavy (non-hydrogen) atoms. The number of carbonyl (C=O) groups excluding carboxylic acids is 1. The maximum Gasteiger partial charge on any atom is 0.277 e. The van der Waals surface area contributed by atoms with Crippen LogP contribution >= 0.6 is 0 Å². The molecule has 1 aromatic carbocycles. The third kappa shape index (κ3) is 2.91. The molecule has 0 spiro atoms. The second-order valence-electron chi connectivity index (χ2n) is 6.64. The molecule has 1 aliphatic heterocycles. The number of fused-ring (bicyclic) bond motifs is 1. The third-order valence-corrected chi connectivity index (χ3v) is 4.92. The van der Waals surface area contributed by atoms with E-state index < -0.39 is 0 Å². The van der Waals surface area contributed by atoms with Crippen LogP contribution in [-0.2, 0) is 7.05 Å². The van der Waals surface area contributed by atoms with Crippen LogP contribution in [0.2, 0.25) is 0 Å². The fraction of sp³-hybridized carbons (Fsp3) is 0.389. The Labute approximate surface area is 146 Å². The van der Waals surface area contributed by atoms with Crippen LogP contribution in [0.3, 0.4) is 0 Å². The highest BCUT2D eigenvalue weighted by Crippen LogP contribution is 2.25. The number of carbonyl (C=O) groups is 1. The van der Waals surface area contributed by atoms with Gasteiger partial charge in [0.1, 0.15) is 5.82 Å². The van der Waals surface area contributed by atoms with Crippen molar-refractivity contribution < 1.29 is 4.79 Å². The molecule has 7 nitrogen and oxygen atoms in total. The van der Waals surface area contributed by atoms with Gasteiger partial charge in [-0.3, -0.25) is 9.48 Å². The first-order chi connectivity index (χ1) is 12.1. The van der Waals surface area contributed by atoms with E-state index in [0.29, 0.717) is 11.7 Å². The van der Waals surface area contributed by atoms with E-state index in [1.807, 2.05) is 42.1 Å². The minimum atomic E-state index is -0.202. The van der Waals surface area contributed by atoms with Gasteiger partial charge in [-0.05, 0) is 39.0 Å². The molecule has 1 amide bonds. The Kier molecular flexibility index (Phi) is 4.01. The Balaban J connectivity index is 1.58. The van der Waals surface area contributed by atoms with Crippen LogP contribution in [0.5, 0.6) is 0 Å². The van der Waals surface area contributed by atoms with Gasteiger partial charge in [-0.15, -0.1) is 0 Å². The van der Waals surface area contributed by atoms with Gasteiger partial charge in [0.05, 0.1) is 17.8 Å². The molecule has 0 atom stereocenters. The summed E-state index contributed by atoms with van der Waals surface area (Å²) in [6.45, 7) is 2.09. The molecule has 7 heteroatoms. The van der Waals surface area contributed by atoms with Gasteiger partial charge in [0.25, 0.3) is 5.91 Å². The van der Waals surface area contributed by atoms with Crippen LogP contribution in [0.25, 0.3) is 10.9 Å². The number of hydrogen-bond donors (Lipinski definition) is 1. The predicted molar refractivity (Wildman–Crippen MR) is 96.7 cm³/mol. The van der Waals surface area contributed by atoms with Crippen LogP contribution in [0.4, 0.5) is 5.82 Å². The molecule has 0 radical (unpaired) electrons. The highest BCUT2D eigenvalue weighted by molar-refractivity contribution is 6.10. The molecule has 1 fully saturated rings. The lowest BCUT2D eigenvalue weighted by molar-refractivity contribution is 0.102. The molecule has 0 bridgehead atoms. The van der Waals surface area contributed by atoms with Gasteiger partial charge in [0.15, 0.2) is 5.69 Å². The molecular weight excluding hydrogens is 316 g/mol. The molecule has 0 unspecified atom stereocenters. The van der Waals surface area contributed by atoms with E-state index in [1.54, 1.807) is 10.9 Å². The number of anilines is 1. The molecule has 4 rings (SSSR count). The van der Waals surface area contributed by atoms with Crippen molar-refractivity contribution in [1.82, 2.24) is 24.5 Å². The molecule has 3 heterocycles. The summed E-state index contributed by atoms with van der Waals surface area (Å²) < 4.78 is 3.68. The van der Waals surface area contributed by atoms with Crippen molar-refractivity contribution in [2.75, 3.05) is 25.5 Å². The molecule has 1 aliphatic rings. The number of nitrogens with zero attached hydrogens (tertiary/aromatic N) is 5. The van der Waals surface area contributed by atoms with Gasteiger partial charge >= 0.3 is 0 Å². The van der Waals surface area contributed by atoms with Crippen LogP contribution in [0, 0.1) is 0 Å². The molecule has 3 aromatic rings. The number of nitrogens with one attached hydrogen (secondary N) is 1. The number of amides is 1. The first-order valence-corrected chi connectivity index (χ1v) is 8.58. The van der Waals surface area contributed by atoms with Crippen molar-refractivity contribution in [3.8, 4) is 0 Å². The first-order valence-electron chi connectivity index (χ1n) is 8.58. The van der Waals surface area contributed by atoms with Gasteiger partial charge in [-0.2, -0.15) is 10.2 Å². The van der Waals surface area contributed by atoms with E-state index >= 15 is 0 Å². The Bertz CT molecular complexity index is 903. The fourth-order valence-corrected chi connectivity index (χ4v) is 3.50. The number of piperidine rings is 1. The lowest BCUT2D eigenvalue weighted by atomic mass is 10.1. The normalized spacial score (nSPS) is 16.4. The van der Waals surface area contributed by atoms with E-state index in [-0.39, 0.29) is 5.91 Å². The van der Waals surface area contributed by atoms with Crippen molar-refractivity contribution in [1.29, 1.82) is 0 Å². The third-order valence-electron chi connectivity index (χ3n) is 4.92. The Morgan fingerprint density at radius 1 is 1.16 bits per heavy atom. The van der Waals surface area contributed by atoms with Crippen molar-refractivity contribution in [3.63, 3.8) is 0 Å². The zero-order valence-electron chi connectivity index (χ0n) is 14.5. The molecule has 0 saturated carbocycles. The SMILES string of the molecule is CN1CCC(n2nccc2NC(=O)c2nn(C)c3ccccc23)CC1. The number of para-hydroxylation sites is 1. The van der Waals surface area contributed by atoms with Gasteiger partial charge in [-0.25, -0.2) is 4.68 Å². The van der Waals surface area contributed by atoms with E-state index in [2.05, 4.69) is 27.5 Å². The minimum Gasteiger partial charge on any atom is -0.306 e. The van der Waals surface area contributed by atoms with Gasteiger partial charge in [0, 0.05) is 18.5 Å². The number of likely N-dealkylation sites (tertiary alicyclic amines) is 1. The topological polar surface area (TPSA) is 68.0 Å². The first kappa shape index (κ1) is 15.8. The van der Waals surface area contributed by atoms with Crippen molar-refractivity contribution in [2.45, 2.75) is 18.9 Å². The molecule has 0 aliphatic carbocycles. The van der Waals surface area contributed by atoms with Gasteiger partial charge < -0.3 is 10.2 Å². The van der Waals surface area contributed by atoms with E-state index in [9.17, 15) is 4.79 Å². The van der Waals surface area contributed by atoms with E-state index in [4.69, 9.17) is 0 Å². The monoisotopic (exact) mass is 338 g/mol. The van der Waals surface area contributed by atoms with Crippen LogP contribution in [0.15, 0.2) is 36.5 Å². The second-order valence-corrected chi connectivity index (χ2v) is 6.64. The lowest BCUT2D eigenvalue weighted by Crippen LogP contribution is -2.32. The molecule has 130 valence electrons. The summed E-state index contributed by atoms with van der Waals surface area (Å²) in [4.78, 5) is 15.1. The van der Waals surface area contributed by atoms with Crippen LogP contribution in [0.1, 0.15) is 29.4 Å². The summed E-state index contributed by atoms with van der Waals surface area (Å²) in [5.74, 6) is 0.528. The molecule has 2 aromatic heterocycles. The summed E-state index contributed by atoms with van der Waals surface area (Å²) in [6.07, 6.45) is 3.81. The minimum absolute atomic E-state index is 0.202. The van der Waals surface area contributed by atoms with Crippen LogP contribution < -0.4 is 5.32 Å². The quantitative estimate of drug-likeness (QED) is 0.796. The smallest absolute Gasteiger partial charge is 0.277 e. The zero-order chi connectivity index (χ0) is 17.4. The van der Waals surface area contributed by atoms with Crippen LogP contribution in [-0.4, -0.2) is 50.5 Å². The van der Waals surface area contributed by atoms with E-state index in [1.165, 1.54) is 0 Å². The van der Waals surface area contributed by atoms with Gasteiger partial charge in [0.2, 0.25) is 0 Å². The van der Waals surface area contributed by atoms with Crippen molar-refractivity contribution >= 4 is 22.6 Å². The highest BCUT2D eigenvalue weighted by Gasteiger charge is 2.23. The lowest BCUT2D eigenvalue weighted by Gasteiger charge is -2.29. The molecule has 1 saturated heterocycles. The second kappa shape index (κ2) is 6.33. The van der Waals surface area contributed by atoms with E-state index in [0.717, 1.165) is 42.7 Å². The number of aromatic nitrogens is 4. The fourth-order valence-electron chi connectivity index (χ4n) is 3.50. The van der Waals surface area contributed by atoms with Gasteiger partial charge in [-0.1, -0.05) is 18.2 Å². The standard InChI is InChI=1S/C18H22N6O/c1-22-11-8-13(9-12-22)24-16(7-10-19-24)20-18(25)17-14-5-3-4-6-15(14)23(2)21-17/h3-7,10,13H,8-9,11-12H2,1-2H3,(H,20,25). The molecule has 1 N–H and O–H groups in total. The number of benzene rings is 1. The maximum absolute atomic E-state index is 12.8. The Morgan fingerprint density at radius 2 is 1.92 bits per heavy atom. The average molecular weight is 338 g/mol. The average Bonchev–Trinajstić information content (AvgIpc) is 3.21. The predicted octanol–water partition coefficient (Wildman–Crippen LogP) is 2.29. The summed E-state index contributed by atoms with van der Waals surface area (Å²) in [7, 11) is 3.98. The Morgan fingerprint density at radius 3 is 2.72 bits per heavy atom.